The van der Waals surface area contributed by atoms with Gasteiger partial charge in [0.25, 0.3) is 0 Å². The second-order valence-electron chi connectivity index (χ2n) is 4.33. The lowest BCUT2D eigenvalue weighted by molar-refractivity contribution is -0.113. The summed E-state index contributed by atoms with van der Waals surface area (Å²) in [7, 11) is 0. The lowest BCUT2D eigenvalue weighted by Gasteiger charge is -2.17. The lowest BCUT2D eigenvalue weighted by Crippen LogP contribution is -2.17. The van der Waals surface area contributed by atoms with E-state index in [-0.39, 0.29) is 11.6 Å². The van der Waals surface area contributed by atoms with Crippen LogP contribution in [0.25, 0.3) is 0 Å². The number of nitrogens with one attached hydrogen (secondary N) is 1. The number of benzene rings is 1. The molecular weight excluding hydrogens is 381 g/mol. The van der Waals surface area contributed by atoms with Crippen LogP contribution in [-0.2, 0) is 11.2 Å². The molecule has 1 aromatic heterocycles. The van der Waals surface area contributed by atoms with Crippen molar-refractivity contribution in [2.75, 3.05) is 11.2 Å². The van der Waals surface area contributed by atoms with Gasteiger partial charge >= 0.3 is 0 Å². The molecule has 21 heavy (non-hydrogen) atoms. The van der Waals surface area contributed by atoms with E-state index in [0.29, 0.717) is 16.5 Å². The van der Waals surface area contributed by atoms with Crippen LogP contribution in [0.5, 0.6) is 0 Å². The predicted octanol–water partition coefficient (Wildman–Crippen LogP) is 4.10. The molecule has 1 atom stereocenters. The van der Waals surface area contributed by atoms with E-state index in [0.717, 1.165) is 4.88 Å². The number of aliphatic hydroxyl groups is 1. The Balaban J connectivity index is 2.33. The van der Waals surface area contributed by atoms with E-state index < -0.39 is 17.8 Å². The number of halogens is 3. The fourth-order valence-corrected chi connectivity index (χ4v) is 3.15. The highest BCUT2D eigenvalue weighted by Gasteiger charge is 2.19. The highest BCUT2D eigenvalue weighted by Crippen LogP contribution is 2.32. The molecule has 0 saturated heterocycles. The molecule has 1 unspecified atom stereocenters. The molecule has 1 aromatic carbocycles. The highest BCUT2D eigenvalue weighted by atomic mass is 79.9. The maximum atomic E-state index is 14.1. The van der Waals surface area contributed by atoms with Crippen molar-refractivity contribution in [2.45, 2.75) is 12.5 Å². The highest BCUT2D eigenvalue weighted by molar-refractivity contribution is 9.10. The monoisotopic (exact) mass is 391 g/mol. The third kappa shape index (κ3) is 4.26. The molecular formula is C14H12BrClFNO2S. The second-order valence-corrected chi connectivity index (χ2v) is 6.55. The summed E-state index contributed by atoms with van der Waals surface area (Å²) in [5.41, 5.74) is 0.279. The number of rotatable bonds is 5. The van der Waals surface area contributed by atoms with Crippen molar-refractivity contribution in [1.82, 2.24) is 0 Å². The van der Waals surface area contributed by atoms with Crippen molar-refractivity contribution in [3.05, 3.63) is 50.4 Å². The molecule has 0 radical (unpaired) electrons. The zero-order chi connectivity index (χ0) is 15.4. The Morgan fingerprint density at radius 3 is 2.90 bits per heavy atom. The first-order valence-electron chi connectivity index (χ1n) is 6.06. The van der Waals surface area contributed by atoms with Crippen molar-refractivity contribution in [3.8, 4) is 0 Å². The van der Waals surface area contributed by atoms with E-state index in [9.17, 15) is 14.3 Å². The Morgan fingerprint density at radius 1 is 1.52 bits per heavy atom. The normalized spacial score (nSPS) is 12.2. The molecule has 1 amide bonds. The fraction of sp³-hybridized carbons (Fsp3) is 0.214. The number of hydrogen-bond acceptors (Lipinski definition) is 3. The summed E-state index contributed by atoms with van der Waals surface area (Å²) in [6, 6.07) is 6.58. The van der Waals surface area contributed by atoms with E-state index in [1.165, 1.54) is 17.4 Å². The third-order valence-electron chi connectivity index (χ3n) is 2.80. The molecule has 2 N–H and O–H groups in total. The third-order valence-corrected chi connectivity index (χ3v) is 4.40. The summed E-state index contributed by atoms with van der Waals surface area (Å²) in [5, 5.41) is 14.6. The molecule has 0 spiro atoms. The van der Waals surface area contributed by atoms with Gasteiger partial charge in [0.05, 0.1) is 11.8 Å². The summed E-state index contributed by atoms with van der Waals surface area (Å²) < 4.78 is 14.5. The van der Waals surface area contributed by atoms with Gasteiger partial charge in [-0.15, -0.1) is 22.9 Å². The SMILES string of the molecule is O=C(CCl)Nc1c(F)cc(Br)cc1C(O)Cc1cccs1. The van der Waals surface area contributed by atoms with E-state index >= 15 is 0 Å². The van der Waals surface area contributed by atoms with Crippen LogP contribution in [0.3, 0.4) is 0 Å². The molecule has 1 heterocycles. The molecule has 0 aliphatic heterocycles. The van der Waals surface area contributed by atoms with Crippen molar-refractivity contribution >= 4 is 50.5 Å². The van der Waals surface area contributed by atoms with E-state index in [1.54, 1.807) is 6.07 Å². The number of carbonyl (C=O) groups excluding carboxylic acids is 1. The van der Waals surface area contributed by atoms with Crippen molar-refractivity contribution < 1.29 is 14.3 Å². The minimum absolute atomic E-state index is 0.0343. The predicted molar refractivity (Wildman–Crippen MR) is 86.4 cm³/mol. The number of alkyl halides is 1. The number of carbonyl (C=O) groups is 1. The maximum Gasteiger partial charge on any atom is 0.239 e. The lowest BCUT2D eigenvalue weighted by atomic mass is 10.0. The van der Waals surface area contributed by atoms with Gasteiger partial charge in [0.15, 0.2) is 0 Å². The van der Waals surface area contributed by atoms with Crippen LogP contribution < -0.4 is 5.32 Å². The topological polar surface area (TPSA) is 49.3 Å². The maximum absolute atomic E-state index is 14.1. The summed E-state index contributed by atoms with van der Waals surface area (Å²) in [5.74, 6) is -1.43. The summed E-state index contributed by atoms with van der Waals surface area (Å²) in [4.78, 5) is 12.4. The molecule has 0 aliphatic carbocycles. The van der Waals surface area contributed by atoms with Crippen LogP contribution >= 0.6 is 38.9 Å². The average Bonchev–Trinajstić information content (AvgIpc) is 2.93. The number of anilines is 1. The summed E-state index contributed by atoms with van der Waals surface area (Å²) >= 11 is 10.1. The van der Waals surface area contributed by atoms with Crippen LogP contribution in [0.1, 0.15) is 16.5 Å². The number of thiophene rings is 1. The molecule has 3 nitrogen and oxygen atoms in total. The first-order valence-corrected chi connectivity index (χ1v) is 8.27. The van der Waals surface area contributed by atoms with Gasteiger partial charge in [-0.25, -0.2) is 4.39 Å². The summed E-state index contributed by atoms with van der Waals surface area (Å²) in [6.45, 7) is 0. The van der Waals surface area contributed by atoms with Gasteiger partial charge in [0.1, 0.15) is 11.7 Å². The van der Waals surface area contributed by atoms with Crippen molar-refractivity contribution in [1.29, 1.82) is 0 Å². The van der Waals surface area contributed by atoms with E-state index in [4.69, 9.17) is 11.6 Å². The Labute approximate surface area is 138 Å². The molecule has 0 saturated carbocycles. The van der Waals surface area contributed by atoms with Gasteiger partial charge in [0.2, 0.25) is 5.91 Å². The Kier molecular flexibility index (Phi) is 5.75. The van der Waals surface area contributed by atoms with Crippen LogP contribution in [-0.4, -0.2) is 16.9 Å². The molecule has 2 aromatic rings. The Hall–Kier alpha value is -0.950. The largest absolute Gasteiger partial charge is 0.388 e. The number of amides is 1. The molecule has 7 heteroatoms. The molecule has 0 fully saturated rings. The minimum Gasteiger partial charge on any atom is -0.388 e. The molecule has 0 bridgehead atoms. The standard InChI is InChI=1S/C14H12BrClFNO2S/c15-8-4-10(12(19)6-9-2-1-3-21-9)14(11(17)5-8)18-13(20)7-16/h1-5,12,19H,6-7H2,(H,18,20). The van der Waals surface area contributed by atoms with Gasteiger partial charge < -0.3 is 10.4 Å². The van der Waals surface area contributed by atoms with Crippen molar-refractivity contribution in [2.24, 2.45) is 0 Å². The van der Waals surface area contributed by atoms with E-state index in [2.05, 4.69) is 21.2 Å². The fourth-order valence-electron chi connectivity index (χ4n) is 1.89. The Morgan fingerprint density at radius 2 is 2.29 bits per heavy atom. The van der Waals surface area contributed by atoms with Crippen LogP contribution in [0.2, 0.25) is 0 Å². The van der Waals surface area contributed by atoms with E-state index in [1.807, 2.05) is 17.5 Å². The van der Waals surface area contributed by atoms with Crippen molar-refractivity contribution in [3.63, 3.8) is 0 Å². The quantitative estimate of drug-likeness (QED) is 0.753. The van der Waals surface area contributed by atoms with Gasteiger partial charge in [-0.1, -0.05) is 22.0 Å². The first kappa shape index (κ1) is 16.4. The van der Waals surface area contributed by atoms with Crippen LogP contribution in [0, 0.1) is 5.82 Å². The summed E-state index contributed by atoms with van der Waals surface area (Å²) in [6.07, 6.45) is -0.585. The number of hydrogen-bond donors (Lipinski definition) is 2. The van der Waals surface area contributed by atoms with Gasteiger partial charge in [-0.2, -0.15) is 0 Å². The minimum atomic E-state index is -0.929. The van der Waals surface area contributed by atoms with Crippen LogP contribution in [0.15, 0.2) is 34.1 Å². The molecule has 112 valence electrons. The number of aliphatic hydroxyl groups excluding tert-OH is 1. The second kappa shape index (κ2) is 7.35. The van der Waals surface area contributed by atoms with Gasteiger partial charge in [-0.3, -0.25) is 4.79 Å². The zero-order valence-corrected chi connectivity index (χ0v) is 13.9. The first-order chi connectivity index (χ1) is 10.0. The molecule has 2 rings (SSSR count). The average molecular weight is 393 g/mol. The van der Waals surface area contributed by atoms with Crippen LogP contribution in [0.4, 0.5) is 10.1 Å². The molecule has 0 aliphatic rings. The van der Waals surface area contributed by atoms with Gasteiger partial charge in [-0.05, 0) is 23.6 Å². The van der Waals surface area contributed by atoms with Gasteiger partial charge in [0, 0.05) is 21.3 Å². The zero-order valence-electron chi connectivity index (χ0n) is 10.8. The smallest absolute Gasteiger partial charge is 0.239 e. The Bertz CT molecular complexity index is 636.